The number of aliphatic carboxylic acids is 4. The van der Waals surface area contributed by atoms with Crippen LogP contribution in [0.25, 0.3) is 0 Å². The topological polar surface area (TPSA) is 254 Å². The van der Waals surface area contributed by atoms with Gasteiger partial charge in [0.05, 0.1) is 0 Å². The van der Waals surface area contributed by atoms with Gasteiger partial charge in [0.25, 0.3) is 0 Å². The summed E-state index contributed by atoms with van der Waals surface area (Å²) in [4.78, 5) is 110. The molecular formula is C48H76O16Sn. The van der Waals surface area contributed by atoms with Crippen LogP contribution in [0.3, 0.4) is 0 Å². The van der Waals surface area contributed by atoms with E-state index in [0.29, 0.717) is 77.0 Å². The summed E-state index contributed by atoms with van der Waals surface area (Å²) < 4.78 is 23.8. The van der Waals surface area contributed by atoms with Crippen molar-refractivity contribution >= 4 is 67.8 Å². The predicted molar refractivity (Wildman–Crippen MR) is 245 cm³/mol. The Hall–Kier alpha value is -4.48. The Labute approximate surface area is 391 Å². The molecule has 0 aromatic heterocycles. The fourth-order valence-corrected chi connectivity index (χ4v) is 11.4. The standard InChI is InChI=1S/4C12H20O4.Sn/c4*1-3-5-7-9(11(13)14)10(12(15)16)8-6-4-2;/h4*3-8H2,1-2H3,(H,13,14)(H,15,16);/q;;;;+4/p-4/b4*10-9-;. The van der Waals surface area contributed by atoms with Gasteiger partial charge in [-0.1, -0.05) is 0 Å². The maximum absolute atomic E-state index is 14.7. The van der Waals surface area contributed by atoms with Gasteiger partial charge in [-0.25, -0.2) is 0 Å². The third-order valence-corrected chi connectivity index (χ3v) is 15.6. The molecule has 0 aliphatic heterocycles. The molecule has 0 fully saturated rings. The minimum absolute atomic E-state index is 0.0994. The molecule has 368 valence electrons. The molecule has 0 saturated heterocycles. The predicted octanol–water partition coefficient (Wildman–Crippen LogP) is 10.6. The first-order valence-electron chi connectivity index (χ1n) is 23.6. The van der Waals surface area contributed by atoms with Crippen molar-refractivity contribution in [3.05, 3.63) is 44.6 Å². The molecule has 0 aliphatic rings. The Morgan fingerprint density at radius 3 is 0.538 bits per heavy atom. The molecule has 0 rings (SSSR count). The van der Waals surface area contributed by atoms with E-state index in [1.165, 1.54) is 0 Å². The molecule has 0 unspecified atom stereocenters. The number of carbonyl (C=O) groups is 8. The third kappa shape index (κ3) is 21.6. The summed E-state index contributed by atoms with van der Waals surface area (Å²) in [6, 6.07) is 0. The van der Waals surface area contributed by atoms with Crippen molar-refractivity contribution < 1.29 is 71.1 Å². The molecule has 65 heavy (non-hydrogen) atoms. The summed E-state index contributed by atoms with van der Waals surface area (Å²) in [6.45, 7) is 14.4. The molecule has 0 bridgehead atoms. The molecule has 0 radical (unpaired) electrons. The van der Waals surface area contributed by atoms with Crippen molar-refractivity contribution in [1.82, 2.24) is 0 Å². The molecule has 4 N–H and O–H groups in total. The van der Waals surface area contributed by atoms with Gasteiger partial charge in [-0.3, -0.25) is 0 Å². The van der Waals surface area contributed by atoms with E-state index in [1.54, 1.807) is 27.7 Å². The molecule has 0 aliphatic carbocycles. The number of carboxylic acids is 4. The average molecular weight is 1030 g/mol. The van der Waals surface area contributed by atoms with Crippen LogP contribution >= 0.6 is 0 Å². The molecule has 0 aromatic carbocycles. The summed E-state index contributed by atoms with van der Waals surface area (Å²) in [5.74, 6) is -11.6. The molecular weight excluding hydrogens is 951 g/mol. The van der Waals surface area contributed by atoms with Crippen LogP contribution in [0, 0.1) is 0 Å². The van der Waals surface area contributed by atoms with E-state index in [4.69, 9.17) is 12.3 Å². The third-order valence-electron chi connectivity index (χ3n) is 10.6. The molecule has 0 atom stereocenters. The minimum atomic E-state index is -7.38. The number of carbonyl (C=O) groups excluding carboxylic acids is 4. The zero-order valence-electron chi connectivity index (χ0n) is 40.2. The van der Waals surface area contributed by atoms with Gasteiger partial charge in [-0.05, 0) is 0 Å². The molecule has 0 amide bonds. The number of unbranched alkanes of at least 4 members (excludes halogenated alkanes) is 8. The zero-order chi connectivity index (χ0) is 49.5. The molecule has 16 nitrogen and oxygen atoms in total. The average Bonchev–Trinajstić information content (AvgIpc) is 3.24. The first-order chi connectivity index (χ1) is 30.9. The quantitative estimate of drug-likeness (QED) is 0.0336. The summed E-state index contributed by atoms with van der Waals surface area (Å²) in [7, 11) is 0. The first-order valence-corrected chi connectivity index (χ1v) is 28.3. The van der Waals surface area contributed by atoms with Crippen molar-refractivity contribution in [2.24, 2.45) is 0 Å². The van der Waals surface area contributed by atoms with Gasteiger partial charge in [-0.2, -0.15) is 0 Å². The van der Waals surface area contributed by atoms with E-state index in [1.807, 2.05) is 27.7 Å². The Kier molecular flexibility index (Phi) is 31.6. The number of hydrogen-bond acceptors (Lipinski definition) is 12. The van der Waals surface area contributed by atoms with Crippen LogP contribution in [0.1, 0.15) is 209 Å². The summed E-state index contributed by atoms with van der Waals surface area (Å²) in [5, 5.41) is 41.5. The Balaban J connectivity index is 9.09. The van der Waals surface area contributed by atoms with E-state index in [-0.39, 0.29) is 122 Å². The van der Waals surface area contributed by atoms with Crippen molar-refractivity contribution in [2.75, 3.05) is 0 Å². The molecule has 17 heteroatoms. The summed E-state index contributed by atoms with van der Waals surface area (Å²) in [5.41, 5.74) is -2.95. The Morgan fingerprint density at radius 2 is 0.415 bits per heavy atom. The van der Waals surface area contributed by atoms with Crippen molar-refractivity contribution in [3.63, 3.8) is 0 Å². The van der Waals surface area contributed by atoms with E-state index >= 15 is 0 Å². The van der Waals surface area contributed by atoms with Gasteiger partial charge in [0.15, 0.2) is 0 Å². The maximum atomic E-state index is 14.7. The molecule has 0 aromatic rings. The van der Waals surface area contributed by atoms with Gasteiger partial charge >= 0.3 is 393 Å². The summed E-state index contributed by atoms with van der Waals surface area (Å²) in [6.07, 6.45) is 5.38. The zero-order valence-corrected chi connectivity index (χ0v) is 43.0. The molecule has 0 heterocycles. The molecule has 0 saturated carbocycles. The molecule has 0 spiro atoms. The van der Waals surface area contributed by atoms with Crippen molar-refractivity contribution in [3.8, 4) is 0 Å². The second kappa shape index (κ2) is 33.9. The number of carboxylic acid groups (broad SMARTS) is 4. The first kappa shape index (κ1) is 60.5. The van der Waals surface area contributed by atoms with E-state index in [9.17, 15) is 58.8 Å². The van der Waals surface area contributed by atoms with E-state index in [2.05, 4.69) is 0 Å². The van der Waals surface area contributed by atoms with Crippen LogP contribution in [0.5, 0.6) is 0 Å². The van der Waals surface area contributed by atoms with Crippen molar-refractivity contribution in [1.29, 1.82) is 0 Å². The fraction of sp³-hybridized carbons (Fsp3) is 0.667. The van der Waals surface area contributed by atoms with Gasteiger partial charge in [0.1, 0.15) is 0 Å². The normalized spacial score (nSPS) is 13.0. The van der Waals surface area contributed by atoms with Gasteiger partial charge in [0, 0.05) is 0 Å². The van der Waals surface area contributed by atoms with E-state index < -0.39 is 67.8 Å². The SMILES string of the molecule is CCCC/C(C(=O)O)=C(\CCCC)C(=O)[O][Sn]([O]C(=O)/C(CCCC)=C(/CCCC)C(=O)O)([O]C(=O)/C(CCCC)=C(/CCCC)C(=O)O)[O]C(=O)/C(CCCC)=C(/CCCC)C(=O)O. The van der Waals surface area contributed by atoms with Gasteiger partial charge in [-0.15, -0.1) is 0 Å². The van der Waals surface area contributed by atoms with Crippen LogP contribution in [-0.2, 0) is 50.7 Å². The van der Waals surface area contributed by atoms with Crippen molar-refractivity contribution in [2.45, 2.75) is 209 Å². The van der Waals surface area contributed by atoms with Gasteiger partial charge < -0.3 is 0 Å². The fourth-order valence-electron chi connectivity index (χ4n) is 6.71. The second-order valence-electron chi connectivity index (χ2n) is 15.9. The van der Waals surface area contributed by atoms with E-state index in [0.717, 1.165) is 0 Å². The van der Waals surface area contributed by atoms with Crippen LogP contribution in [0.4, 0.5) is 0 Å². The second-order valence-corrected chi connectivity index (χ2v) is 21.1. The van der Waals surface area contributed by atoms with Crippen LogP contribution < -0.4 is 0 Å². The number of hydrogen-bond donors (Lipinski definition) is 4. The number of rotatable bonds is 36. The van der Waals surface area contributed by atoms with Crippen LogP contribution in [0.15, 0.2) is 44.6 Å². The van der Waals surface area contributed by atoms with Crippen LogP contribution in [-0.4, -0.2) is 88.2 Å². The van der Waals surface area contributed by atoms with Gasteiger partial charge in [0.2, 0.25) is 0 Å². The Bertz CT molecular complexity index is 1500. The Morgan fingerprint density at radius 1 is 0.277 bits per heavy atom. The van der Waals surface area contributed by atoms with Crippen LogP contribution in [0.2, 0.25) is 0 Å². The monoisotopic (exact) mass is 1030 g/mol. The summed E-state index contributed by atoms with van der Waals surface area (Å²) >= 11 is -7.38.